The lowest BCUT2D eigenvalue weighted by Crippen LogP contribution is -2.33. The minimum atomic E-state index is -0.404. The van der Waals surface area contributed by atoms with Gasteiger partial charge in [-0.15, -0.1) is 10.2 Å². The first kappa shape index (κ1) is 19.2. The monoisotopic (exact) mass is 414 g/mol. The first-order chi connectivity index (χ1) is 15.1. The molecule has 0 atom stereocenters. The largest absolute Gasteiger partial charge is 0.355 e. The lowest BCUT2D eigenvalue weighted by atomic mass is 9.96. The Kier molecular flexibility index (Phi) is 4.82. The van der Waals surface area contributed by atoms with Crippen molar-refractivity contribution < 1.29 is 4.92 Å². The summed E-state index contributed by atoms with van der Waals surface area (Å²) in [5.74, 6) is 2.29. The molecule has 8 nitrogen and oxygen atoms in total. The van der Waals surface area contributed by atoms with Crippen molar-refractivity contribution >= 4 is 22.5 Å². The number of nitro benzene ring substituents is 1. The molecule has 1 aliphatic heterocycles. The average molecular weight is 414 g/mol. The smallest absolute Gasteiger partial charge is 0.270 e. The van der Waals surface area contributed by atoms with Crippen LogP contribution in [0, 0.1) is 17.0 Å². The van der Waals surface area contributed by atoms with E-state index in [2.05, 4.69) is 45.2 Å². The van der Waals surface area contributed by atoms with E-state index in [0.29, 0.717) is 17.2 Å². The highest BCUT2D eigenvalue weighted by molar-refractivity contribution is 5.76. The molecular weight excluding hydrogens is 392 g/mol. The molecule has 0 saturated carbocycles. The van der Waals surface area contributed by atoms with Crippen molar-refractivity contribution in [3.8, 4) is 11.3 Å². The number of nitrogens with zero attached hydrogens (tertiary/aromatic N) is 5. The number of aryl methyl sites for hydroxylation is 1. The van der Waals surface area contributed by atoms with Crippen LogP contribution in [0.2, 0.25) is 0 Å². The topological polar surface area (TPSA) is 101 Å². The maximum atomic E-state index is 11.0. The molecule has 0 amide bonds. The molecule has 0 unspecified atom stereocenters. The molecular formula is C23H22N6O2. The fourth-order valence-electron chi connectivity index (χ4n) is 4.15. The van der Waals surface area contributed by atoms with E-state index < -0.39 is 4.92 Å². The standard InChI is InChI=1S/C23H22N6O2/c1-15-5-6-20-21(13-15)25-23(24-20)16-9-11-28(12-10-16)22-8-7-19(26-27-22)17-3-2-4-18(14-17)29(30)31/h2-8,13-14,16H,9-12H2,1H3,(H,24,25). The minimum absolute atomic E-state index is 0.0474. The van der Waals surface area contributed by atoms with Gasteiger partial charge in [0.25, 0.3) is 5.69 Å². The van der Waals surface area contributed by atoms with Gasteiger partial charge in [0.05, 0.1) is 21.7 Å². The van der Waals surface area contributed by atoms with E-state index in [1.165, 1.54) is 17.7 Å². The number of hydrogen-bond acceptors (Lipinski definition) is 6. The van der Waals surface area contributed by atoms with Crippen LogP contribution in [0.5, 0.6) is 0 Å². The number of non-ortho nitro benzene ring substituents is 1. The van der Waals surface area contributed by atoms with E-state index in [1.54, 1.807) is 12.1 Å². The third kappa shape index (κ3) is 3.84. The number of imidazole rings is 1. The van der Waals surface area contributed by atoms with Crippen molar-refractivity contribution in [2.24, 2.45) is 0 Å². The van der Waals surface area contributed by atoms with Crippen LogP contribution < -0.4 is 4.90 Å². The number of piperidine rings is 1. The van der Waals surface area contributed by atoms with Crippen LogP contribution in [0.25, 0.3) is 22.3 Å². The van der Waals surface area contributed by atoms with E-state index in [0.717, 1.165) is 48.6 Å². The fraction of sp³-hybridized carbons (Fsp3) is 0.261. The summed E-state index contributed by atoms with van der Waals surface area (Å²) >= 11 is 0. The first-order valence-electron chi connectivity index (χ1n) is 10.4. The second-order valence-electron chi connectivity index (χ2n) is 7.99. The molecule has 1 saturated heterocycles. The van der Waals surface area contributed by atoms with Crippen molar-refractivity contribution in [3.63, 3.8) is 0 Å². The van der Waals surface area contributed by atoms with Gasteiger partial charge in [-0.2, -0.15) is 0 Å². The number of rotatable bonds is 4. The van der Waals surface area contributed by atoms with Gasteiger partial charge in [0.15, 0.2) is 5.82 Å². The van der Waals surface area contributed by atoms with Crippen LogP contribution in [0.3, 0.4) is 0 Å². The van der Waals surface area contributed by atoms with E-state index in [1.807, 2.05) is 12.1 Å². The molecule has 1 N–H and O–H groups in total. The Morgan fingerprint density at radius 3 is 2.65 bits per heavy atom. The van der Waals surface area contributed by atoms with Crippen LogP contribution in [-0.4, -0.2) is 38.2 Å². The molecule has 0 bridgehead atoms. The van der Waals surface area contributed by atoms with Gasteiger partial charge in [-0.3, -0.25) is 10.1 Å². The predicted octanol–water partition coefficient (Wildman–Crippen LogP) is 4.62. The molecule has 1 fully saturated rings. The molecule has 0 spiro atoms. The number of fused-ring (bicyclic) bond motifs is 1. The quantitative estimate of drug-likeness (QED) is 0.386. The molecule has 0 aliphatic carbocycles. The number of hydrogen-bond donors (Lipinski definition) is 1. The third-order valence-corrected chi connectivity index (χ3v) is 5.86. The molecule has 31 heavy (non-hydrogen) atoms. The molecule has 3 heterocycles. The number of aromatic nitrogens is 4. The Morgan fingerprint density at radius 1 is 1.06 bits per heavy atom. The van der Waals surface area contributed by atoms with Gasteiger partial charge in [0, 0.05) is 36.7 Å². The van der Waals surface area contributed by atoms with Crippen LogP contribution in [0.4, 0.5) is 11.5 Å². The number of nitro groups is 1. The number of H-pyrrole nitrogens is 1. The normalized spacial score (nSPS) is 14.8. The molecule has 5 rings (SSSR count). The highest BCUT2D eigenvalue weighted by Crippen LogP contribution is 2.30. The number of aromatic amines is 1. The van der Waals surface area contributed by atoms with Crippen molar-refractivity contribution in [2.75, 3.05) is 18.0 Å². The van der Waals surface area contributed by atoms with Gasteiger partial charge in [-0.05, 0) is 49.6 Å². The van der Waals surface area contributed by atoms with Gasteiger partial charge in [-0.1, -0.05) is 18.2 Å². The van der Waals surface area contributed by atoms with Crippen molar-refractivity contribution in [3.05, 3.63) is 76.1 Å². The molecule has 4 aromatic rings. The summed E-state index contributed by atoms with van der Waals surface area (Å²) in [7, 11) is 0. The van der Waals surface area contributed by atoms with Crippen LogP contribution in [-0.2, 0) is 0 Å². The minimum Gasteiger partial charge on any atom is -0.355 e. The summed E-state index contributed by atoms with van der Waals surface area (Å²) in [6.07, 6.45) is 1.99. The van der Waals surface area contributed by atoms with Gasteiger partial charge >= 0.3 is 0 Å². The van der Waals surface area contributed by atoms with Crippen LogP contribution in [0.1, 0.15) is 30.1 Å². The highest BCUT2D eigenvalue weighted by atomic mass is 16.6. The molecule has 0 radical (unpaired) electrons. The maximum absolute atomic E-state index is 11.0. The highest BCUT2D eigenvalue weighted by Gasteiger charge is 2.24. The zero-order chi connectivity index (χ0) is 21.4. The molecule has 2 aromatic carbocycles. The van der Waals surface area contributed by atoms with Gasteiger partial charge < -0.3 is 9.88 Å². The predicted molar refractivity (Wildman–Crippen MR) is 119 cm³/mol. The van der Waals surface area contributed by atoms with Crippen molar-refractivity contribution in [1.29, 1.82) is 0 Å². The van der Waals surface area contributed by atoms with E-state index in [-0.39, 0.29) is 5.69 Å². The third-order valence-electron chi connectivity index (χ3n) is 5.86. The Hall–Kier alpha value is -3.81. The molecule has 8 heteroatoms. The Labute approximate surface area is 179 Å². The van der Waals surface area contributed by atoms with E-state index >= 15 is 0 Å². The van der Waals surface area contributed by atoms with Gasteiger partial charge in [0.1, 0.15) is 5.82 Å². The number of nitrogens with one attached hydrogen (secondary N) is 1. The SMILES string of the molecule is Cc1ccc2nc(C3CCN(c4ccc(-c5cccc([N+](=O)[O-])c5)nn4)CC3)[nH]c2c1. The Bertz CT molecular complexity index is 1240. The van der Waals surface area contributed by atoms with Gasteiger partial charge in [0.2, 0.25) is 0 Å². The summed E-state index contributed by atoms with van der Waals surface area (Å²) < 4.78 is 0. The zero-order valence-electron chi connectivity index (χ0n) is 17.2. The maximum Gasteiger partial charge on any atom is 0.270 e. The second kappa shape index (κ2) is 7.79. The fourth-order valence-corrected chi connectivity index (χ4v) is 4.15. The van der Waals surface area contributed by atoms with E-state index in [4.69, 9.17) is 4.98 Å². The summed E-state index contributed by atoms with van der Waals surface area (Å²) in [6.45, 7) is 3.85. The summed E-state index contributed by atoms with van der Waals surface area (Å²) in [5.41, 5.74) is 4.70. The number of benzene rings is 2. The first-order valence-corrected chi connectivity index (χ1v) is 10.4. The summed E-state index contributed by atoms with van der Waals surface area (Å²) in [5, 5.41) is 19.7. The van der Waals surface area contributed by atoms with Crippen molar-refractivity contribution in [2.45, 2.75) is 25.7 Å². The molecule has 156 valence electrons. The second-order valence-corrected chi connectivity index (χ2v) is 7.99. The van der Waals surface area contributed by atoms with Crippen LogP contribution >= 0.6 is 0 Å². The van der Waals surface area contributed by atoms with Crippen LogP contribution in [0.15, 0.2) is 54.6 Å². The number of anilines is 1. The van der Waals surface area contributed by atoms with E-state index in [9.17, 15) is 10.1 Å². The zero-order valence-corrected chi connectivity index (χ0v) is 17.2. The van der Waals surface area contributed by atoms with Gasteiger partial charge in [-0.25, -0.2) is 4.98 Å². The summed E-state index contributed by atoms with van der Waals surface area (Å²) in [6, 6.07) is 16.6. The lowest BCUT2D eigenvalue weighted by Gasteiger charge is -2.31. The Balaban J connectivity index is 1.27. The molecule has 1 aliphatic rings. The average Bonchev–Trinajstić information content (AvgIpc) is 3.22. The Morgan fingerprint density at radius 2 is 1.90 bits per heavy atom. The lowest BCUT2D eigenvalue weighted by molar-refractivity contribution is -0.384. The summed E-state index contributed by atoms with van der Waals surface area (Å²) in [4.78, 5) is 21.1. The molecule has 2 aromatic heterocycles. The van der Waals surface area contributed by atoms with Crippen molar-refractivity contribution in [1.82, 2.24) is 20.2 Å².